The number of carbonyl (C=O) groups excluding carboxylic acids is 1. The summed E-state index contributed by atoms with van der Waals surface area (Å²) in [6.45, 7) is 7.55. The van der Waals surface area contributed by atoms with Crippen molar-refractivity contribution in [3.63, 3.8) is 0 Å². The summed E-state index contributed by atoms with van der Waals surface area (Å²) in [4.78, 5) is 14.1. The van der Waals surface area contributed by atoms with Crippen molar-refractivity contribution in [2.24, 2.45) is 0 Å². The Kier molecular flexibility index (Phi) is 7.47. The third-order valence-corrected chi connectivity index (χ3v) is 9.41. The van der Waals surface area contributed by atoms with E-state index in [1.165, 1.54) is 0 Å². The Labute approximate surface area is 263 Å². The molecule has 0 saturated heterocycles. The number of halogens is 3. The predicted molar refractivity (Wildman–Crippen MR) is 175 cm³/mol. The van der Waals surface area contributed by atoms with Crippen LogP contribution in [0.15, 0.2) is 133 Å². The van der Waals surface area contributed by atoms with Crippen molar-refractivity contribution < 1.29 is 18.0 Å². The number of alkyl halides is 3. The summed E-state index contributed by atoms with van der Waals surface area (Å²) in [6, 6.07) is 44.5. The van der Waals surface area contributed by atoms with Crippen molar-refractivity contribution in [1.82, 2.24) is 0 Å². The molecule has 5 aromatic rings. The molecule has 1 aliphatic rings. The zero-order valence-corrected chi connectivity index (χ0v) is 25.9. The Bertz CT molecular complexity index is 1720. The second-order valence-electron chi connectivity index (χ2n) is 12.9. The fraction of sp³-hybridized carbons (Fsp3) is 0.225. The molecule has 1 heterocycles. The zero-order chi connectivity index (χ0) is 32.0. The van der Waals surface area contributed by atoms with Crippen LogP contribution in [0.1, 0.15) is 66.1 Å². The standard InChI is InChI=1S/C40H36F3NO/c1-28-20-22-29(23-21-28)38(4)27-37(2,3)44(36(45)40(41,42)43)35-25-24-33(26-34(35)38)39(30-14-8-5-9-15-30,31-16-10-6-11-17-31)32-18-12-7-13-19-32/h5-26H,27H2,1-4H3. The maximum absolute atomic E-state index is 14.2. The first kappa shape index (κ1) is 30.4. The molecule has 5 aromatic carbocycles. The summed E-state index contributed by atoms with van der Waals surface area (Å²) in [7, 11) is 0. The number of nitrogens with zero attached hydrogens (tertiary/aromatic N) is 1. The lowest BCUT2D eigenvalue weighted by molar-refractivity contribution is -0.172. The van der Waals surface area contributed by atoms with Crippen molar-refractivity contribution in [3.8, 4) is 0 Å². The molecule has 0 saturated carbocycles. The Morgan fingerprint density at radius 2 is 1.11 bits per heavy atom. The van der Waals surface area contributed by atoms with E-state index in [4.69, 9.17) is 0 Å². The Morgan fingerprint density at radius 1 is 0.644 bits per heavy atom. The van der Waals surface area contributed by atoms with Crippen LogP contribution < -0.4 is 4.90 Å². The first-order chi connectivity index (χ1) is 21.4. The number of hydrogen-bond acceptors (Lipinski definition) is 1. The minimum atomic E-state index is -5.02. The monoisotopic (exact) mass is 603 g/mol. The molecule has 0 spiro atoms. The molecule has 0 fully saturated rings. The highest BCUT2D eigenvalue weighted by molar-refractivity contribution is 6.00. The van der Waals surface area contributed by atoms with E-state index in [1.807, 2.05) is 85.8 Å². The fourth-order valence-electron chi connectivity index (χ4n) is 7.53. The van der Waals surface area contributed by atoms with Gasteiger partial charge in [0, 0.05) is 16.6 Å². The van der Waals surface area contributed by atoms with Gasteiger partial charge in [-0.25, -0.2) is 0 Å². The smallest absolute Gasteiger partial charge is 0.299 e. The van der Waals surface area contributed by atoms with Crippen LogP contribution in [0.25, 0.3) is 0 Å². The summed E-state index contributed by atoms with van der Waals surface area (Å²) in [5.41, 5.74) is 4.44. The highest BCUT2D eigenvalue weighted by atomic mass is 19.4. The van der Waals surface area contributed by atoms with Gasteiger partial charge in [0.2, 0.25) is 0 Å². The molecule has 0 N–H and O–H groups in total. The van der Waals surface area contributed by atoms with Gasteiger partial charge in [0.1, 0.15) is 0 Å². The molecule has 0 aromatic heterocycles. The largest absolute Gasteiger partial charge is 0.471 e. The number of rotatable bonds is 5. The summed E-state index contributed by atoms with van der Waals surface area (Å²) in [6.07, 6.45) is -4.72. The molecule has 1 aliphatic heterocycles. The number of fused-ring (bicyclic) bond motifs is 1. The van der Waals surface area contributed by atoms with Crippen LogP contribution in [0, 0.1) is 6.92 Å². The molecule has 0 aliphatic carbocycles. The van der Waals surface area contributed by atoms with Gasteiger partial charge in [-0.05, 0) is 66.6 Å². The van der Waals surface area contributed by atoms with Crippen LogP contribution in [0.2, 0.25) is 0 Å². The lowest BCUT2D eigenvalue weighted by Crippen LogP contribution is -2.59. The molecular formula is C40H36F3NO. The number of hydrogen-bond donors (Lipinski definition) is 0. The van der Waals surface area contributed by atoms with Crippen LogP contribution in [0.3, 0.4) is 0 Å². The molecule has 1 unspecified atom stereocenters. The normalized spacial score (nSPS) is 17.9. The van der Waals surface area contributed by atoms with E-state index >= 15 is 0 Å². The van der Waals surface area contributed by atoms with E-state index < -0.39 is 28.5 Å². The molecule has 6 rings (SSSR count). The van der Waals surface area contributed by atoms with E-state index in [0.717, 1.165) is 38.3 Å². The van der Waals surface area contributed by atoms with Crippen LogP contribution in [0.4, 0.5) is 18.9 Å². The van der Waals surface area contributed by atoms with Crippen LogP contribution in [0.5, 0.6) is 0 Å². The van der Waals surface area contributed by atoms with Gasteiger partial charge in [-0.3, -0.25) is 9.69 Å². The third-order valence-electron chi connectivity index (χ3n) is 9.41. The van der Waals surface area contributed by atoms with E-state index in [1.54, 1.807) is 19.9 Å². The quantitative estimate of drug-likeness (QED) is 0.183. The van der Waals surface area contributed by atoms with Crippen LogP contribution in [-0.2, 0) is 15.6 Å². The number of anilines is 1. The van der Waals surface area contributed by atoms with Gasteiger partial charge in [-0.2, -0.15) is 13.2 Å². The maximum atomic E-state index is 14.2. The van der Waals surface area contributed by atoms with Crippen molar-refractivity contribution >= 4 is 11.6 Å². The second-order valence-corrected chi connectivity index (χ2v) is 12.9. The Hall–Kier alpha value is -4.64. The molecule has 5 heteroatoms. The molecule has 45 heavy (non-hydrogen) atoms. The summed E-state index contributed by atoms with van der Waals surface area (Å²) >= 11 is 0. The van der Waals surface area contributed by atoms with Crippen molar-refractivity contribution in [1.29, 1.82) is 0 Å². The van der Waals surface area contributed by atoms with Gasteiger partial charge in [-0.1, -0.05) is 140 Å². The summed E-state index contributed by atoms with van der Waals surface area (Å²) < 4.78 is 42.5. The van der Waals surface area contributed by atoms with Gasteiger partial charge in [0.05, 0.1) is 5.41 Å². The second kappa shape index (κ2) is 11.1. The minimum absolute atomic E-state index is 0.281. The SMILES string of the molecule is Cc1ccc(C2(C)CC(C)(C)N(C(=O)C(F)(F)F)c3ccc(C(c4ccccc4)(c4ccccc4)c4ccccc4)cc32)cc1. The lowest BCUT2D eigenvalue weighted by atomic mass is 9.61. The van der Waals surface area contributed by atoms with Crippen LogP contribution in [-0.4, -0.2) is 17.6 Å². The number of carbonyl (C=O) groups is 1. The van der Waals surface area contributed by atoms with E-state index in [9.17, 15) is 18.0 Å². The minimum Gasteiger partial charge on any atom is -0.299 e. The van der Waals surface area contributed by atoms with Gasteiger partial charge in [0.25, 0.3) is 0 Å². The van der Waals surface area contributed by atoms with Crippen molar-refractivity contribution in [2.75, 3.05) is 4.90 Å². The number of aryl methyl sites for hydroxylation is 1. The van der Waals surface area contributed by atoms with Gasteiger partial charge < -0.3 is 0 Å². The highest BCUT2D eigenvalue weighted by Crippen LogP contribution is 2.54. The van der Waals surface area contributed by atoms with E-state index in [2.05, 4.69) is 55.5 Å². The van der Waals surface area contributed by atoms with Crippen molar-refractivity contribution in [3.05, 3.63) is 172 Å². The van der Waals surface area contributed by atoms with E-state index in [0.29, 0.717) is 12.0 Å². The Morgan fingerprint density at radius 3 is 1.56 bits per heavy atom. The van der Waals surface area contributed by atoms with Gasteiger partial charge in [-0.15, -0.1) is 0 Å². The van der Waals surface area contributed by atoms with Gasteiger partial charge in [0.15, 0.2) is 0 Å². The zero-order valence-electron chi connectivity index (χ0n) is 25.9. The fourth-order valence-corrected chi connectivity index (χ4v) is 7.53. The average Bonchev–Trinajstić information content (AvgIpc) is 3.02. The van der Waals surface area contributed by atoms with Gasteiger partial charge >= 0.3 is 12.1 Å². The average molecular weight is 604 g/mol. The molecule has 1 atom stereocenters. The first-order valence-corrected chi connectivity index (χ1v) is 15.2. The third kappa shape index (κ3) is 5.04. The molecule has 2 nitrogen and oxygen atoms in total. The molecule has 0 radical (unpaired) electrons. The van der Waals surface area contributed by atoms with Crippen LogP contribution >= 0.6 is 0 Å². The topological polar surface area (TPSA) is 20.3 Å². The number of amides is 1. The maximum Gasteiger partial charge on any atom is 0.471 e. The molecule has 0 bridgehead atoms. The Balaban J connectivity index is 1.73. The molecular weight excluding hydrogens is 567 g/mol. The summed E-state index contributed by atoms with van der Waals surface area (Å²) in [5.74, 6) is -1.85. The predicted octanol–water partition coefficient (Wildman–Crippen LogP) is 9.76. The van der Waals surface area contributed by atoms with Crippen molar-refractivity contribution in [2.45, 2.75) is 56.7 Å². The first-order valence-electron chi connectivity index (χ1n) is 15.2. The summed E-state index contributed by atoms with van der Waals surface area (Å²) in [5, 5.41) is 0. The number of benzene rings is 5. The highest BCUT2D eigenvalue weighted by Gasteiger charge is 2.54. The molecule has 1 amide bonds. The van der Waals surface area contributed by atoms with E-state index in [-0.39, 0.29) is 5.69 Å². The molecule has 228 valence electrons. The lowest BCUT2D eigenvalue weighted by Gasteiger charge is -2.52.